The number of hydrogen-bond acceptors (Lipinski definition) is 5. The van der Waals surface area contributed by atoms with Gasteiger partial charge in [-0.1, -0.05) is 27.7 Å². The van der Waals surface area contributed by atoms with Crippen LogP contribution in [0.3, 0.4) is 0 Å². The summed E-state index contributed by atoms with van der Waals surface area (Å²) in [7, 11) is 0. The van der Waals surface area contributed by atoms with Crippen molar-refractivity contribution in [2.75, 3.05) is 6.54 Å². The van der Waals surface area contributed by atoms with Crippen LogP contribution in [0.5, 0.6) is 0 Å². The first-order chi connectivity index (χ1) is 13.0. The molecule has 28 heavy (non-hydrogen) atoms. The summed E-state index contributed by atoms with van der Waals surface area (Å²) in [5.41, 5.74) is 0. The van der Waals surface area contributed by atoms with Gasteiger partial charge in [-0.05, 0) is 44.6 Å². The molecule has 0 aromatic heterocycles. The molecule has 0 aliphatic carbocycles. The third kappa shape index (κ3) is 7.46. The first-order valence-corrected chi connectivity index (χ1v) is 9.90. The van der Waals surface area contributed by atoms with Gasteiger partial charge in [0.1, 0.15) is 18.1 Å². The Balaban J connectivity index is 2.70. The van der Waals surface area contributed by atoms with Crippen LogP contribution in [0, 0.1) is 11.8 Å². The molecule has 0 aromatic carbocycles. The Morgan fingerprint density at radius 2 is 1.64 bits per heavy atom. The van der Waals surface area contributed by atoms with E-state index in [4.69, 9.17) is 0 Å². The molecular weight excluding hydrogens is 364 g/mol. The van der Waals surface area contributed by atoms with E-state index >= 15 is 0 Å². The molecule has 1 saturated heterocycles. The lowest BCUT2D eigenvalue weighted by atomic mass is 10.0. The van der Waals surface area contributed by atoms with Gasteiger partial charge < -0.3 is 26.4 Å². The maximum atomic E-state index is 12.7. The smallest absolute Gasteiger partial charge is 0.326 e. The molecule has 0 radical (unpaired) electrons. The monoisotopic (exact) mass is 398 g/mol. The molecule has 1 aliphatic heterocycles. The van der Waals surface area contributed by atoms with Gasteiger partial charge in [0, 0.05) is 0 Å². The van der Waals surface area contributed by atoms with E-state index in [2.05, 4.69) is 21.3 Å². The molecule has 9 heteroatoms. The Morgan fingerprint density at radius 3 is 2.11 bits per heavy atom. The summed E-state index contributed by atoms with van der Waals surface area (Å²) in [6.45, 7) is 9.52. The molecule has 0 spiro atoms. The molecular formula is C19H34N4O5. The summed E-state index contributed by atoms with van der Waals surface area (Å²) in [5, 5.41) is 20.1. The van der Waals surface area contributed by atoms with Gasteiger partial charge in [0.05, 0.1) is 6.04 Å². The van der Waals surface area contributed by atoms with E-state index in [9.17, 15) is 24.3 Å². The van der Waals surface area contributed by atoms with Crippen molar-refractivity contribution in [1.29, 1.82) is 0 Å². The van der Waals surface area contributed by atoms with Gasteiger partial charge in [-0.25, -0.2) is 4.79 Å². The summed E-state index contributed by atoms with van der Waals surface area (Å²) in [4.78, 5) is 48.5. The average molecular weight is 399 g/mol. The standard InChI is InChI=1S/C19H34N4O5/c1-10(2)9-14(22-17(25)13-7-6-8-20-13)18(26)21-12(5)16(24)23-15(11(3)4)19(27)28/h10-15,20H,6-9H2,1-5H3,(H,21,26)(H,22,25)(H,23,24)(H,27,28). The summed E-state index contributed by atoms with van der Waals surface area (Å²) in [6, 6.07) is -3.02. The molecule has 1 heterocycles. The van der Waals surface area contributed by atoms with Crippen molar-refractivity contribution in [3.05, 3.63) is 0 Å². The van der Waals surface area contributed by atoms with E-state index in [1.807, 2.05) is 13.8 Å². The highest BCUT2D eigenvalue weighted by Gasteiger charge is 2.30. The van der Waals surface area contributed by atoms with E-state index in [0.717, 1.165) is 19.4 Å². The van der Waals surface area contributed by atoms with Gasteiger partial charge in [-0.3, -0.25) is 14.4 Å². The molecule has 9 nitrogen and oxygen atoms in total. The summed E-state index contributed by atoms with van der Waals surface area (Å²) >= 11 is 0. The fourth-order valence-electron chi connectivity index (χ4n) is 3.05. The third-order valence-corrected chi connectivity index (χ3v) is 4.70. The predicted octanol–water partition coefficient (Wildman–Crippen LogP) is -0.000600. The molecule has 4 atom stereocenters. The molecule has 1 aliphatic rings. The number of carboxylic acids is 1. The van der Waals surface area contributed by atoms with E-state index in [1.54, 1.807) is 13.8 Å². The molecule has 3 amide bonds. The number of rotatable bonds is 10. The number of amides is 3. The van der Waals surface area contributed by atoms with Crippen molar-refractivity contribution in [2.45, 2.75) is 78.0 Å². The summed E-state index contributed by atoms with van der Waals surface area (Å²) < 4.78 is 0. The maximum Gasteiger partial charge on any atom is 0.326 e. The molecule has 0 bridgehead atoms. The maximum absolute atomic E-state index is 12.7. The van der Waals surface area contributed by atoms with Gasteiger partial charge in [-0.2, -0.15) is 0 Å². The van der Waals surface area contributed by atoms with Crippen LogP contribution >= 0.6 is 0 Å². The first-order valence-electron chi connectivity index (χ1n) is 9.90. The minimum absolute atomic E-state index is 0.161. The van der Waals surface area contributed by atoms with Crippen molar-refractivity contribution in [3.63, 3.8) is 0 Å². The lowest BCUT2D eigenvalue weighted by Crippen LogP contribution is -2.57. The molecule has 5 N–H and O–H groups in total. The Morgan fingerprint density at radius 1 is 1.00 bits per heavy atom. The first kappa shape index (κ1) is 23.9. The van der Waals surface area contributed by atoms with E-state index in [1.165, 1.54) is 6.92 Å². The van der Waals surface area contributed by atoms with Crippen LogP contribution < -0.4 is 21.3 Å². The molecule has 1 rings (SSSR count). The van der Waals surface area contributed by atoms with Crippen LogP contribution in [0.4, 0.5) is 0 Å². The van der Waals surface area contributed by atoms with Crippen LogP contribution in [0.25, 0.3) is 0 Å². The zero-order valence-corrected chi connectivity index (χ0v) is 17.4. The van der Waals surface area contributed by atoms with Crippen molar-refractivity contribution in [3.8, 4) is 0 Å². The summed E-state index contributed by atoms with van der Waals surface area (Å²) in [5.74, 6) is -2.53. The van der Waals surface area contributed by atoms with Gasteiger partial charge in [-0.15, -0.1) is 0 Å². The Bertz CT molecular complexity index is 573. The number of carboxylic acid groups (broad SMARTS) is 1. The quantitative estimate of drug-likeness (QED) is 0.351. The van der Waals surface area contributed by atoms with Gasteiger partial charge in [0.2, 0.25) is 17.7 Å². The second-order valence-corrected chi connectivity index (χ2v) is 8.14. The van der Waals surface area contributed by atoms with Crippen molar-refractivity contribution >= 4 is 23.7 Å². The second-order valence-electron chi connectivity index (χ2n) is 8.14. The van der Waals surface area contributed by atoms with Crippen LogP contribution in [-0.4, -0.2) is 59.5 Å². The largest absolute Gasteiger partial charge is 0.480 e. The number of nitrogens with one attached hydrogen (secondary N) is 4. The van der Waals surface area contributed by atoms with Gasteiger partial charge >= 0.3 is 5.97 Å². The zero-order valence-electron chi connectivity index (χ0n) is 17.4. The van der Waals surface area contributed by atoms with E-state index < -0.39 is 35.9 Å². The molecule has 0 aromatic rings. The molecule has 1 fully saturated rings. The van der Waals surface area contributed by atoms with Crippen molar-refractivity contribution in [1.82, 2.24) is 21.3 Å². The number of carbonyl (C=O) groups excluding carboxylic acids is 3. The van der Waals surface area contributed by atoms with E-state index in [-0.39, 0.29) is 23.8 Å². The summed E-state index contributed by atoms with van der Waals surface area (Å²) in [6.07, 6.45) is 2.08. The average Bonchev–Trinajstić information content (AvgIpc) is 3.12. The highest BCUT2D eigenvalue weighted by Crippen LogP contribution is 2.09. The third-order valence-electron chi connectivity index (χ3n) is 4.70. The van der Waals surface area contributed by atoms with Gasteiger partial charge in [0.15, 0.2) is 0 Å². The number of carbonyl (C=O) groups is 4. The Hall–Kier alpha value is -2.16. The zero-order chi connectivity index (χ0) is 21.4. The SMILES string of the molecule is CC(C)CC(NC(=O)C1CCCN1)C(=O)NC(C)C(=O)NC(C(=O)O)C(C)C. The lowest BCUT2D eigenvalue weighted by molar-refractivity contribution is -0.143. The molecule has 160 valence electrons. The van der Waals surface area contributed by atoms with Gasteiger partial charge in [0.25, 0.3) is 0 Å². The number of aliphatic carboxylic acids is 1. The van der Waals surface area contributed by atoms with E-state index in [0.29, 0.717) is 6.42 Å². The minimum atomic E-state index is -1.13. The minimum Gasteiger partial charge on any atom is -0.480 e. The second kappa shape index (κ2) is 11.0. The lowest BCUT2D eigenvalue weighted by Gasteiger charge is -2.25. The van der Waals surface area contributed by atoms with Crippen LogP contribution in [0.2, 0.25) is 0 Å². The highest BCUT2D eigenvalue weighted by atomic mass is 16.4. The predicted molar refractivity (Wildman–Crippen MR) is 104 cm³/mol. The van der Waals surface area contributed by atoms with Crippen LogP contribution in [-0.2, 0) is 19.2 Å². The molecule has 4 unspecified atom stereocenters. The highest BCUT2D eigenvalue weighted by molar-refractivity contribution is 5.94. The molecule has 0 saturated carbocycles. The van der Waals surface area contributed by atoms with Crippen LogP contribution in [0.1, 0.15) is 53.9 Å². The fourth-order valence-corrected chi connectivity index (χ4v) is 3.05. The Kier molecular flexibility index (Phi) is 9.37. The van der Waals surface area contributed by atoms with Crippen molar-refractivity contribution < 1.29 is 24.3 Å². The Labute approximate surface area is 166 Å². The van der Waals surface area contributed by atoms with Crippen molar-refractivity contribution in [2.24, 2.45) is 11.8 Å². The number of hydrogen-bond donors (Lipinski definition) is 5. The fraction of sp³-hybridized carbons (Fsp3) is 0.789. The van der Waals surface area contributed by atoms with Crippen LogP contribution in [0.15, 0.2) is 0 Å². The normalized spacial score (nSPS) is 19.8. The topological polar surface area (TPSA) is 137 Å².